The molecule has 4 heteroatoms. The van der Waals surface area contributed by atoms with E-state index in [0.29, 0.717) is 6.42 Å². The first-order chi connectivity index (χ1) is 9.66. The number of carbonyl (C=O) groups is 1. The zero-order chi connectivity index (χ0) is 14.4. The van der Waals surface area contributed by atoms with Crippen LogP contribution >= 0.6 is 15.9 Å². The van der Waals surface area contributed by atoms with E-state index in [2.05, 4.69) is 15.9 Å². The molecule has 0 amide bonds. The van der Waals surface area contributed by atoms with Gasteiger partial charge in [0.1, 0.15) is 12.6 Å². The normalized spacial score (nSPS) is 11.9. The van der Waals surface area contributed by atoms with Crippen molar-refractivity contribution in [2.45, 2.75) is 19.1 Å². The first-order valence-electron chi connectivity index (χ1n) is 6.36. The molecule has 0 bridgehead atoms. The zero-order valence-electron chi connectivity index (χ0n) is 11.0. The molecule has 2 N–H and O–H groups in total. The fourth-order valence-corrected chi connectivity index (χ4v) is 2.22. The predicted octanol–water partition coefficient (Wildman–Crippen LogP) is 3.06. The molecule has 1 atom stereocenters. The first kappa shape index (κ1) is 14.8. The molecule has 104 valence electrons. The Kier molecular flexibility index (Phi) is 5.32. The van der Waals surface area contributed by atoms with Crippen molar-refractivity contribution >= 4 is 21.9 Å². The lowest BCUT2D eigenvalue weighted by molar-refractivity contribution is -0.146. The average molecular weight is 334 g/mol. The van der Waals surface area contributed by atoms with Crippen LogP contribution in [-0.2, 0) is 22.6 Å². The molecule has 2 aromatic rings. The van der Waals surface area contributed by atoms with Crippen molar-refractivity contribution in [3.05, 3.63) is 70.2 Å². The molecule has 2 rings (SSSR count). The van der Waals surface area contributed by atoms with Gasteiger partial charge in [0, 0.05) is 10.0 Å². The largest absolute Gasteiger partial charge is 0.460 e. The monoisotopic (exact) mass is 333 g/mol. The van der Waals surface area contributed by atoms with E-state index in [4.69, 9.17) is 10.5 Å². The molecule has 1 unspecified atom stereocenters. The third kappa shape index (κ3) is 4.18. The summed E-state index contributed by atoms with van der Waals surface area (Å²) in [6.07, 6.45) is 0.482. The lowest BCUT2D eigenvalue weighted by Crippen LogP contribution is -2.34. The molecule has 0 aliphatic heterocycles. The average Bonchev–Trinajstić information content (AvgIpc) is 2.47. The minimum absolute atomic E-state index is 0.225. The molecule has 0 aromatic heterocycles. The molecule has 0 aliphatic rings. The second-order valence-corrected chi connectivity index (χ2v) is 5.35. The summed E-state index contributed by atoms with van der Waals surface area (Å²) in [6.45, 7) is 0.225. The van der Waals surface area contributed by atoms with Crippen molar-refractivity contribution in [1.82, 2.24) is 0 Å². The summed E-state index contributed by atoms with van der Waals surface area (Å²) < 4.78 is 6.17. The van der Waals surface area contributed by atoms with Crippen LogP contribution in [0.15, 0.2) is 59.1 Å². The summed E-state index contributed by atoms with van der Waals surface area (Å²) >= 11 is 3.41. The molecule has 0 aliphatic carbocycles. The Morgan fingerprint density at radius 2 is 1.75 bits per heavy atom. The quantitative estimate of drug-likeness (QED) is 0.855. The fraction of sp³-hybridized carbons (Fsp3) is 0.188. The van der Waals surface area contributed by atoms with Gasteiger partial charge in [0.2, 0.25) is 0 Å². The topological polar surface area (TPSA) is 52.3 Å². The molecule has 0 heterocycles. The van der Waals surface area contributed by atoms with Crippen LogP contribution in [0.3, 0.4) is 0 Å². The summed E-state index contributed by atoms with van der Waals surface area (Å²) in [5.74, 6) is -0.385. The summed E-state index contributed by atoms with van der Waals surface area (Å²) in [7, 11) is 0. The number of carbonyl (C=O) groups excluding carboxylic acids is 1. The maximum atomic E-state index is 11.9. The highest BCUT2D eigenvalue weighted by Gasteiger charge is 2.16. The van der Waals surface area contributed by atoms with Crippen molar-refractivity contribution in [1.29, 1.82) is 0 Å². The summed E-state index contributed by atoms with van der Waals surface area (Å²) in [6, 6.07) is 16.7. The van der Waals surface area contributed by atoms with E-state index in [0.717, 1.165) is 15.6 Å². The van der Waals surface area contributed by atoms with Crippen LogP contribution in [0, 0.1) is 0 Å². The summed E-state index contributed by atoms with van der Waals surface area (Å²) in [5, 5.41) is 0. The van der Waals surface area contributed by atoms with Gasteiger partial charge in [0.15, 0.2) is 0 Å². The lowest BCUT2D eigenvalue weighted by Gasteiger charge is -2.12. The van der Waals surface area contributed by atoms with Crippen LogP contribution < -0.4 is 5.73 Å². The zero-order valence-corrected chi connectivity index (χ0v) is 12.5. The molecule has 2 aromatic carbocycles. The third-order valence-corrected chi connectivity index (χ3v) is 3.70. The van der Waals surface area contributed by atoms with Crippen molar-refractivity contribution < 1.29 is 9.53 Å². The maximum absolute atomic E-state index is 11.9. The van der Waals surface area contributed by atoms with Gasteiger partial charge < -0.3 is 10.5 Å². The van der Waals surface area contributed by atoms with E-state index < -0.39 is 6.04 Å². The maximum Gasteiger partial charge on any atom is 0.323 e. The second kappa shape index (κ2) is 7.22. The van der Waals surface area contributed by atoms with Crippen LogP contribution in [0.1, 0.15) is 11.1 Å². The van der Waals surface area contributed by atoms with Gasteiger partial charge in [-0.25, -0.2) is 0 Å². The number of halogens is 1. The van der Waals surface area contributed by atoms with Crippen molar-refractivity contribution in [2.75, 3.05) is 0 Å². The van der Waals surface area contributed by atoms with Crippen molar-refractivity contribution in [3.8, 4) is 0 Å². The Morgan fingerprint density at radius 3 is 2.45 bits per heavy atom. The van der Waals surface area contributed by atoms with Crippen molar-refractivity contribution in [2.24, 2.45) is 5.73 Å². The van der Waals surface area contributed by atoms with Crippen molar-refractivity contribution in [3.63, 3.8) is 0 Å². The van der Waals surface area contributed by atoms with Crippen LogP contribution in [0.4, 0.5) is 0 Å². The molecule has 20 heavy (non-hydrogen) atoms. The van der Waals surface area contributed by atoms with Gasteiger partial charge in [0.05, 0.1) is 0 Å². The molecular weight excluding hydrogens is 318 g/mol. The fourth-order valence-electron chi connectivity index (χ4n) is 1.82. The Balaban J connectivity index is 1.87. The Hall–Kier alpha value is -1.65. The molecular formula is C16H16BrNO2. The Bertz CT molecular complexity index is 572. The molecule has 0 saturated carbocycles. The third-order valence-electron chi connectivity index (χ3n) is 2.93. The van der Waals surface area contributed by atoms with Gasteiger partial charge >= 0.3 is 5.97 Å². The van der Waals surface area contributed by atoms with Crippen LogP contribution in [0.25, 0.3) is 0 Å². The number of benzene rings is 2. The van der Waals surface area contributed by atoms with E-state index in [9.17, 15) is 4.79 Å². The first-order valence-corrected chi connectivity index (χ1v) is 7.15. The van der Waals surface area contributed by atoms with E-state index in [1.54, 1.807) is 0 Å². The minimum atomic E-state index is -0.639. The molecule has 0 fully saturated rings. The molecule has 0 spiro atoms. The second-order valence-electron chi connectivity index (χ2n) is 4.50. The van der Waals surface area contributed by atoms with Gasteiger partial charge in [-0.2, -0.15) is 0 Å². The highest BCUT2D eigenvalue weighted by molar-refractivity contribution is 9.10. The molecule has 0 saturated heterocycles. The smallest absolute Gasteiger partial charge is 0.323 e. The van der Waals surface area contributed by atoms with E-state index in [1.807, 2.05) is 54.6 Å². The van der Waals surface area contributed by atoms with Gasteiger partial charge in [-0.3, -0.25) is 4.79 Å². The Morgan fingerprint density at radius 1 is 1.10 bits per heavy atom. The number of ether oxygens (including phenoxy) is 1. The van der Waals surface area contributed by atoms with Crippen LogP contribution in [-0.4, -0.2) is 12.0 Å². The van der Waals surface area contributed by atoms with Crippen LogP contribution in [0.5, 0.6) is 0 Å². The molecule has 3 nitrogen and oxygen atoms in total. The van der Waals surface area contributed by atoms with E-state index in [1.165, 1.54) is 0 Å². The Labute approximate surface area is 126 Å². The van der Waals surface area contributed by atoms with Gasteiger partial charge in [-0.05, 0) is 18.1 Å². The number of nitrogens with two attached hydrogens (primary N) is 1. The van der Waals surface area contributed by atoms with Gasteiger partial charge in [-0.1, -0.05) is 64.5 Å². The minimum Gasteiger partial charge on any atom is -0.460 e. The standard InChI is InChI=1S/C16H16BrNO2/c17-14-9-5-4-8-13(14)11-20-16(19)15(18)10-12-6-2-1-3-7-12/h1-9,15H,10-11,18H2. The SMILES string of the molecule is NC(Cc1ccccc1)C(=O)OCc1ccccc1Br. The summed E-state index contributed by atoms with van der Waals surface area (Å²) in [5.41, 5.74) is 7.81. The number of rotatable bonds is 5. The number of hydrogen-bond acceptors (Lipinski definition) is 3. The van der Waals surface area contributed by atoms with Crippen LogP contribution in [0.2, 0.25) is 0 Å². The molecule has 0 radical (unpaired) electrons. The summed E-state index contributed by atoms with van der Waals surface area (Å²) in [4.78, 5) is 11.9. The highest BCUT2D eigenvalue weighted by atomic mass is 79.9. The number of esters is 1. The highest BCUT2D eigenvalue weighted by Crippen LogP contribution is 2.16. The predicted molar refractivity (Wildman–Crippen MR) is 82.1 cm³/mol. The van der Waals surface area contributed by atoms with Gasteiger partial charge in [-0.15, -0.1) is 0 Å². The van der Waals surface area contributed by atoms with E-state index >= 15 is 0 Å². The van der Waals surface area contributed by atoms with E-state index in [-0.39, 0.29) is 12.6 Å². The lowest BCUT2D eigenvalue weighted by atomic mass is 10.1. The van der Waals surface area contributed by atoms with Gasteiger partial charge in [0.25, 0.3) is 0 Å². The number of hydrogen-bond donors (Lipinski definition) is 1.